The van der Waals surface area contributed by atoms with Crippen LogP contribution in [0.1, 0.15) is 41.5 Å². The second-order valence-corrected chi connectivity index (χ2v) is 8.29. The molecule has 0 aliphatic carbocycles. The number of rotatable bonds is 9. The Bertz CT molecular complexity index is 1060. The monoisotopic (exact) mass is 450 g/mol. The summed E-state index contributed by atoms with van der Waals surface area (Å²) in [6, 6.07) is 15.0. The molecule has 2 heterocycles. The van der Waals surface area contributed by atoms with Gasteiger partial charge in [-0.25, -0.2) is 0 Å². The Morgan fingerprint density at radius 3 is 2.76 bits per heavy atom. The van der Waals surface area contributed by atoms with Crippen LogP contribution in [-0.2, 0) is 11.3 Å². The Balaban J connectivity index is 1.35. The molecule has 1 fully saturated rings. The molecule has 0 bridgehead atoms. The van der Waals surface area contributed by atoms with E-state index in [0.717, 1.165) is 44.2 Å². The summed E-state index contributed by atoms with van der Waals surface area (Å²) in [6.45, 7) is 9.31. The van der Waals surface area contributed by atoms with Crippen LogP contribution in [-0.4, -0.2) is 60.4 Å². The van der Waals surface area contributed by atoms with Crippen LogP contribution >= 0.6 is 0 Å². The highest BCUT2D eigenvalue weighted by atomic mass is 16.5. The summed E-state index contributed by atoms with van der Waals surface area (Å²) in [4.78, 5) is 19.7. The third-order valence-electron chi connectivity index (χ3n) is 5.49. The first-order valence-corrected chi connectivity index (χ1v) is 11.3. The number of carbonyl (C=O) groups is 1. The molecule has 0 radical (unpaired) electrons. The molecule has 1 N–H and O–H groups in total. The van der Waals surface area contributed by atoms with Crippen LogP contribution < -0.4 is 10.1 Å². The topological polar surface area (TPSA) is 89.7 Å². The SMILES string of the molecule is CC(C)c1noc(-c2ccccc2C(=O)NCc2cccc(OCCN3CCOCC3)c2)n1. The quantitative estimate of drug-likeness (QED) is 0.534. The van der Waals surface area contributed by atoms with Gasteiger partial charge in [-0.05, 0) is 29.8 Å². The van der Waals surface area contributed by atoms with Gasteiger partial charge in [-0.2, -0.15) is 4.98 Å². The van der Waals surface area contributed by atoms with Gasteiger partial charge in [-0.15, -0.1) is 0 Å². The van der Waals surface area contributed by atoms with Crippen LogP contribution in [0.3, 0.4) is 0 Å². The first kappa shape index (κ1) is 22.9. The lowest BCUT2D eigenvalue weighted by atomic mass is 10.1. The molecule has 4 rings (SSSR count). The molecule has 0 unspecified atom stereocenters. The minimum absolute atomic E-state index is 0.145. The summed E-state index contributed by atoms with van der Waals surface area (Å²) < 4.78 is 16.7. The third kappa shape index (κ3) is 6.18. The second-order valence-electron chi connectivity index (χ2n) is 8.29. The summed E-state index contributed by atoms with van der Waals surface area (Å²) >= 11 is 0. The first-order valence-electron chi connectivity index (χ1n) is 11.3. The summed E-state index contributed by atoms with van der Waals surface area (Å²) in [5.41, 5.74) is 2.08. The molecule has 3 aromatic rings. The highest BCUT2D eigenvalue weighted by molar-refractivity contribution is 5.99. The molecular weight excluding hydrogens is 420 g/mol. The van der Waals surface area contributed by atoms with Gasteiger partial charge in [0.1, 0.15) is 12.4 Å². The molecular formula is C25H30N4O4. The molecule has 1 aliphatic rings. The molecule has 8 nitrogen and oxygen atoms in total. The number of nitrogens with one attached hydrogen (secondary N) is 1. The van der Waals surface area contributed by atoms with Gasteiger partial charge in [0, 0.05) is 32.1 Å². The van der Waals surface area contributed by atoms with Gasteiger partial charge in [-0.3, -0.25) is 9.69 Å². The maximum Gasteiger partial charge on any atom is 0.258 e. The van der Waals surface area contributed by atoms with E-state index in [2.05, 4.69) is 20.4 Å². The fourth-order valence-electron chi connectivity index (χ4n) is 3.59. The zero-order chi connectivity index (χ0) is 23.0. The van der Waals surface area contributed by atoms with Crippen molar-refractivity contribution in [3.05, 3.63) is 65.5 Å². The average molecular weight is 451 g/mol. The van der Waals surface area contributed by atoms with Crippen LogP contribution in [0.25, 0.3) is 11.5 Å². The molecule has 33 heavy (non-hydrogen) atoms. The van der Waals surface area contributed by atoms with Gasteiger partial charge in [0.25, 0.3) is 11.8 Å². The molecule has 0 atom stereocenters. The Labute approximate surface area is 193 Å². The lowest BCUT2D eigenvalue weighted by molar-refractivity contribution is 0.0322. The number of ether oxygens (including phenoxy) is 2. The van der Waals surface area contributed by atoms with Crippen LogP contribution in [0.4, 0.5) is 0 Å². The highest BCUT2D eigenvalue weighted by Gasteiger charge is 2.18. The molecule has 174 valence electrons. The van der Waals surface area contributed by atoms with Gasteiger partial charge in [-0.1, -0.05) is 43.3 Å². The van der Waals surface area contributed by atoms with E-state index in [4.69, 9.17) is 14.0 Å². The molecule has 1 aliphatic heterocycles. The Kier molecular flexibility index (Phi) is 7.70. The summed E-state index contributed by atoms with van der Waals surface area (Å²) in [6.07, 6.45) is 0. The van der Waals surface area contributed by atoms with Crippen molar-refractivity contribution in [1.82, 2.24) is 20.4 Å². The van der Waals surface area contributed by atoms with Crippen molar-refractivity contribution in [2.45, 2.75) is 26.3 Å². The van der Waals surface area contributed by atoms with Crippen molar-refractivity contribution < 1.29 is 18.8 Å². The highest BCUT2D eigenvalue weighted by Crippen LogP contribution is 2.24. The van der Waals surface area contributed by atoms with Crippen LogP contribution in [0.5, 0.6) is 5.75 Å². The van der Waals surface area contributed by atoms with E-state index < -0.39 is 0 Å². The number of hydrogen-bond acceptors (Lipinski definition) is 7. The molecule has 1 saturated heterocycles. The second kappa shape index (κ2) is 11.1. The first-order chi connectivity index (χ1) is 16.1. The Hall–Kier alpha value is -3.23. The third-order valence-corrected chi connectivity index (χ3v) is 5.49. The Morgan fingerprint density at radius 1 is 1.15 bits per heavy atom. The van der Waals surface area contributed by atoms with Crippen molar-refractivity contribution in [2.24, 2.45) is 0 Å². The van der Waals surface area contributed by atoms with Crippen molar-refractivity contribution in [3.63, 3.8) is 0 Å². The van der Waals surface area contributed by atoms with E-state index in [1.165, 1.54) is 0 Å². The number of amides is 1. The lowest BCUT2D eigenvalue weighted by Gasteiger charge is -2.26. The predicted octanol–water partition coefficient (Wildman–Crippen LogP) is 3.50. The number of morpholine rings is 1. The van der Waals surface area contributed by atoms with E-state index in [1.54, 1.807) is 6.07 Å². The normalized spacial score (nSPS) is 14.4. The van der Waals surface area contributed by atoms with Gasteiger partial charge in [0.2, 0.25) is 0 Å². The smallest absolute Gasteiger partial charge is 0.258 e. The fourth-order valence-corrected chi connectivity index (χ4v) is 3.59. The lowest BCUT2D eigenvalue weighted by Crippen LogP contribution is -2.38. The van der Waals surface area contributed by atoms with Crippen molar-refractivity contribution in [3.8, 4) is 17.2 Å². The standard InChI is InChI=1S/C25H30N4O4/c1-18(2)23-27-25(33-28-23)22-9-4-3-8-21(22)24(30)26-17-19-6-5-7-20(16-19)32-15-12-29-10-13-31-14-11-29/h3-9,16,18H,10-15,17H2,1-2H3,(H,26,30). The molecule has 0 spiro atoms. The predicted molar refractivity (Wildman–Crippen MR) is 124 cm³/mol. The summed E-state index contributed by atoms with van der Waals surface area (Å²) in [5.74, 6) is 1.70. The zero-order valence-corrected chi connectivity index (χ0v) is 19.1. The number of benzene rings is 2. The van der Waals surface area contributed by atoms with Crippen molar-refractivity contribution in [1.29, 1.82) is 0 Å². The van der Waals surface area contributed by atoms with Crippen LogP contribution in [0.2, 0.25) is 0 Å². The maximum atomic E-state index is 12.9. The number of aromatic nitrogens is 2. The van der Waals surface area contributed by atoms with Crippen molar-refractivity contribution >= 4 is 5.91 Å². The van der Waals surface area contributed by atoms with Crippen molar-refractivity contribution in [2.75, 3.05) is 39.5 Å². The maximum absolute atomic E-state index is 12.9. The van der Waals surface area contributed by atoms with Crippen LogP contribution in [0, 0.1) is 0 Å². The number of nitrogens with zero attached hydrogens (tertiary/aromatic N) is 3. The number of carbonyl (C=O) groups excluding carboxylic acids is 1. The van der Waals surface area contributed by atoms with Gasteiger partial charge in [0.15, 0.2) is 5.82 Å². The molecule has 0 saturated carbocycles. The summed E-state index contributed by atoms with van der Waals surface area (Å²) in [7, 11) is 0. The summed E-state index contributed by atoms with van der Waals surface area (Å²) in [5, 5.41) is 6.99. The van der Waals surface area contributed by atoms with E-state index in [9.17, 15) is 4.79 Å². The molecule has 1 amide bonds. The largest absolute Gasteiger partial charge is 0.492 e. The molecule has 8 heteroatoms. The zero-order valence-electron chi connectivity index (χ0n) is 19.1. The van der Waals surface area contributed by atoms with Gasteiger partial charge >= 0.3 is 0 Å². The number of hydrogen-bond donors (Lipinski definition) is 1. The minimum Gasteiger partial charge on any atom is -0.492 e. The average Bonchev–Trinajstić information content (AvgIpc) is 3.34. The fraction of sp³-hybridized carbons (Fsp3) is 0.400. The van der Waals surface area contributed by atoms with Gasteiger partial charge < -0.3 is 19.3 Å². The molecule has 1 aromatic heterocycles. The van der Waals surface area contributed by atoms with E-state index in [1.807, 2.05) is 56.3 Å². The van der Waals surface area contributed by atoms with Crippen LogP contribution in [0.15, 0.2) is 53.1 Å². The Morgan fingerprint density at radius 2 is 1.97 bits per heavy atom. The van der Waals surface area contributed by atoms with Gasteiger partial charge in [0.05, 0.1) is 24.3 Å². The van der Waals surface area contributed by atoms with E-state index in [-0.39, 0.29) is 11.8 Å². The van der Waals surface area contributed by atoms with E-state index in [0.29, 0.717) is 36.0 Å². The molecule has 2 aromatic carbocycles. The minimum atomic E-state index is -0.200. The van der Waals surface area contributed by atoms with E-state index >= 15 is 0 Å².